The van der Waals surface area contributed by atoms with Crippen molar-refractivity contribution in [2.24, 2.45) is 11.8 Å². The van der Waals surface area contributed by atoms with Crippen molar-refractivity contribution in [2.45, 2.75) is 45.6 Å². The molecule has 2 aliphatic rings. The van der Waals surface area contributed by atoms with Gasteiger partial charge in [-0.25, -0.2) is 0 Å². The highest BCUT2D eigenvalue weighted by molar-refractivity contribution is 4.81. The van der Waals surface area contributed by atoms with Crippen molar-refractivity contribution in [3.05, 3.63) is 0 Å². The zero-order valence-electron chi connectivity index (χ0n) is 10.3. The molecule has 0 spiro atoms. The summed E-state index contributed by atoms with van der Waals surface area (Å²) in [6.45, 7) is 10.0. The van der Waals surface area contributed by atoms with Crippen LogP contribution in [0, 0.1) is 11.8 Å². The number of nitrogens with one attached hydrogen (secondary N) is 1. The van der Waals surface area contributed by atoms with E-state index in [0.29, 0.717) is 0 Å². The van der Waals surface area contributed by atoms with Gasteiger partial charge in [-0.05, 0) is 64.1 Å². The summed E-state index contributed by atoms with van der Waals surface area (Å²) < 4.78 is 0. The predicted octanol–water partition coefficient (Wildman–Crippen LogP) is 2.11. The molecule has 2 rings (SSSR count). The maximum Gasteiger partial charge on any atom is 0.00926 e. The van der Waals surface area contributed by atoms with Crippen LogP contribution in [-0.2, 0) is 0 Å². The van der Waals surface area contributed by atoms with Crippen molar-refractivity contribution in [2.75, 3.05) is 26.2 Å². The Hall–Kier alpha value is -0.0800. The van der Waals surface area contributed by atoms with E-state index in [1.807, 2.05) is 0 Å². The second-order valence-electron chi connectivity index (χ2n) is 5.55. The van der Waals surface area contributed by atoms with Gasteiger partial charge in [0.25, 0.3) is 0 Å². The topological polar surface area (TPSA) is 15.3 Å². The molecule has 0 amide bonds. The molecule has 2 atom stereocenters. The van der Waals surface area contributed by atoms with Crippen LogP contribution in [0.25, 0.3) is 0 Å². The second-order valence-corrected chi connectivity index (χ2v) is 5.55. The molecular formula is C13H26N2. The van der Waals surface area contributed by atoms with E-state index in [-0.39, 0.29) is 0 Å². The van der Waals surface area contributed by atoms with Gasteiger partial charge in [0.15, 0.2) is 0 Å². The third kappa shape index (κ3) is 2.94. The highest BCUT2D eigenvalue weighted by Gasteiger charge is 2.26. The molecule has 1 N–H and O–H groups in total. The highest BCUT2D eigenvalue weighted by Crippen LogP contribution is 2.25. The van der Waals surface area contributed by atoms with Gasteiger partial charge in [-0.2, -0.15) is 0 Å². The maximum atomic E-state index is 3.45. The van der Waals surface area contributed by atoms with Crippen LogP contribution in [0.3, 0.4) is 0 Å². The zero-order valence-corrected chi connectivity index (χ0v) is 10.3. The van der Waals surface area contributed by atoms with Crippen LogP contribution in [0.5, 0.6) is 0 Å². The van der Waals surface area contributed by atoms with Gasteiger partial charge in [-0.3, -0.25) is 0 Å². The van der Waals surface area contributed by atoms with E-state index >= 15 is 0 Å². The van der Waals surface area contributed by atoms with E-state index in [4.69, 9.17) is 0 Å². The van der Waals surface area contributed by atoms with Crippen molar-refractivity contribution >= 4 is 0 Å². The standard InChI is InChI=1S/C13H26N2/c1-11-4-3-9-15(12(11)2)10-13-5-7-14-8-6-13/h11-14H,3-10H2,1-2H3. The minimum absolute atomic E-state index is 0.814. The van der Waals surface area contributed by atoms with Crippen LogP contribution >= 0.6 is 0 Å². The number of hydrogen-bond acceptors (Lipinski definition) is 2. The molecule has 2 unspecified atom stereocenters. The van der Waals surface area contributed by atoms with E-state index in [1.165, 1.54) is 51.9 Å². The molecule has 0 aromatic heterocycles. The lowest BCUT2D eigenvalue weighted by Gasteiger charge is -2.40. The van der Waals surface area contributed by atoms with E-state index in [1.54, 1.807) is 0 Å². The predicted molar refractivity (Wildman–Crippen MR) is 65.0 cm³/mol. The number of likely N-dealkylation sites (tertiary alicyclic amines) is 1. The normalized spacial score (nSPS) is 35.6. The van der Waals surface area contributed by atoms with Crippen molar-refractivity contribution in [3.8, 4) is 0 Å². The Morgan fingerprint density at radius 1 is 1.13 bits per heavy atom. The van der Waals surface area contributed by atoms with Gasteiger partial charge in [0.2, 0.25) is 0 Å². The molecule has 0 bridgehead atoms. The van der Waals surface area contributed by atoms with E-state index < -0.39 is 0 Å². The number of rotatable bonds is 2. The molecule has 2 heteroatoms. The Balaban J connectivity index is 1.81. The molecule has 2 fully saturated rings. The monoisotopic (exact) mass is 210 g/mol. The molecule has 2 aliphatic heterocycles. The van der Waals surface area contributed by atoms with Gasteiger partial charge in [-0.1, -0.05) is 6.92 Å². The molecule has 0 saturated carbocycles. The fourth-order valence-corrected chi connectivity index (χ4v) is 3.07. The smallest absolute Gasteiger partial charge is 0.00926 e. The van der Waals surface area contributed by atoms with Crippen LogP contribution in [-0.4, -0.2) is 37.1 Å². The van der Waals surface area contributed by atoms with Crippen LogP contribution in [0.4, 0.5) is 0 Å². The minimum Gasteiger partial charge on any atom is -0.317 e. The van der Waals surface area contributed by atoms with E-state index in [0.717, 1.165) is 17.9 Å². The van der Waals surface area contributed by atoms with Crippen molar-refractivity contribution in [1.82, 2.24) is 10.2 Å². The lowest BCUT2D eigenvalue weighted by atomic mass is 9.89. The van der Waals surface area contributed by atoms with Crippen molar-refractivity contribution < 1.29 is 0 Å². The van der Waals surface area contributed by atoms with Gasteiger partial charge < -0.3 is 10.2 Å². The van der Waals surface area contributed by atoms with Crippen LogP contribution in [0.15, 0.2) is 0 Å². The highest BCUT2D eigenvalue weighted by atomic mass is 15.2. The van der Waals surface area contributed by atoms with Gasteiger partial charge >= 0.3 is 0 Å². The Labute approximate surface area is 94.4 Å². The lowest BCUT2D eigenvalue weighted by Crippen LogP contribution is -2.46. The van der Waals surface area contributed by atoms with E-state index in [9.17, 15) is 0 Å². The summed E-state index contributed by atoms with van der Waals surface area (Å²) in [7, 11) is 0. The second kappa shape index (κ2) is 5.31. The average molecular weight is 210 g/mol. The summed E-state index contributed by atoms with van der Waals surface area (Å²) in [5, 5.41) is 3.45. The lowest BCUT2D eigenvalue weighted by molar-refractivity contribution is 0.0883. The summed E-state index contributed by atoms with van der Waals surface area (Å²) in [4.78, 5) is 2.74. The fourth-order valence-electron chi connectivity index (χ4n) is 3.07. The number of piperidine rings is 2. The number of hydrogen-bond donors (Lipinski definition) is 1. The molecule has 0 aliphatic carbocycles. The first-order chi connectivity index (χ1) is 7.27. The first kappa shape index (κ1) is 11.4. The summed E-state index contributed by atoms with van der Waals surface area (Å²) in [6, 6.07) is 0.814. The van der Waals surface area contributed by atoms with Crippen molar-refractivity contribution in [3.63, 3.8) is 0 Å². The van der Waals surface area contributed by atoms with Gasteiger partial charge in [0.1, 0.15) is 0 Å². The van der Waals surface area contributed by atoms with Crippen LogP contribution in [0.1, 0.15) is 39.5 Å². The maximum absolute atomic E-state index is 3.45. The fraction of sp³-hybridized carbons (Fsp3) is 1.00. The van der Waals surface area contributed by atoms with Crippen LogP contribution < -0.4 is 5.32 Å². The summed E-state index contributed by atoms with van der Waals surface area (Å²) >= 11 is 0. The SMILES string of the molecule is CC1CCCN(CC2CCNCC2)C1C. The van der Waals surface area contributed by atoms with Crippen molar-refractivity contribution in [1.29, 1.82) is 0 Å². The molecule has 2 saturated heterocycles. The third-order valence-corrected chi connectivity index (χ3v) is 4.46. The molecule has 0 radical (unpaired) electrons. The number of nitrogens with zero attached hydrogens (tertiary/aromatic N) is 1. The molecule has 0 aromatic carbocycles. The first-order valence-corrected chi connectivity index (χ1v) is 6.72. The zero-order chi connectivity index (χ0) is 10.7. The average Bonchev–Trinajstić information content (AvgIpc) is 2.26. The summed E-state index contributed by atoms with van der Waals surface area (Å²) in [5.41, 5.74) is 0. The van der Waals surface area contributed by atoms with Gasteiger partial charge in [0, 0.05) is 12.6 Å². The van der Waals surface area contributed by atoms with Gasteiger partial charge in [-0.15, -0.1) is 0 Å². The first-order valence-electron chi connectivity index (χ1n) is 6.72. The van der Waals surface area contributed by atoms with E-state index in [2.05, 4.69) is 24.1 Å². The van der Waals surface area contributed by atoms with Crippen LogP contribution in [0.2, 0.25) is 0 Å². The molecule has 2 heterocycles. The molecule has 88 valence electrons. The minimum atomic E-state index is 0.814. The Kier molecular flexibility index (Phi) is 4.04. The Morgan fingerprint density at radius 3 is 2.60 bits per heavy atom. The largest absolute Gasteiger partial charge is 0.317 e. The molecule has 0 aromatic rings. The van der Waals surface area contributed by atoms with Gasteiger partial charge in [0.05, 0.1) is 0 Å². The quantitative estimate of drug-likeness (QED) is 0.751. The Morgan fingerprint density at radius 2 is 1.87 bits per heavy atom. The third-order valence-electron chi connectivity index (χ3n) is 4.46. The molecule has 15 heavy (non-hydrogen) atoms. The molecular weight excluding hydrogens is 184 g/mol. The Bertz CT molecular complexity index is 187. The summed E-state index contributed by atoms with van der Waals surface area (Å²) in [6.07, 6.45) is 5.62. The summed E-state index contributed by atoms with van der Waals surface area (Å²) in [5.74, 6) is 1.86. The molecule has 2 nitrogen and oxygen atoms in total.